The van der Waals surface area contributed by atoms with Crippen LogP contribution in [0.3, 0.4) is 0 Å². The Labute approximate surface area is 114 Å². The topological polar surface area (TPSA) is 55.8 Å². The number of hydrogen-bond acceptors (Lipinski definition) is 4. The number of hydrogen-bond donors (Lipinski definition) is 0. The van der Waals surface area contributed by atoms with Gasteiger partial charge >= 0.3 is 5.97 Å². The molecular formula is C14H23NO4. The van der Waals surface area contributed by atoms with Gasteiger partial charge in [-0.2, -0.15) is 0 Å². The van der Waals surface area contributed by atoms with Crippen LogP contribution in [-0.2, 0) is 19.1 Å². The lowest BCUT2D eigenvalue weighted by atomic mass is 9.95. The van der Waals surface area contributed by atoms with E-state index in [0.29, 0.717) is 19.8 Å². The fourth-order valence-corrected chi connectivity index (χ4v) is 2.82. The van der Waals surface area contributed by atoms with Crippen molar-refractivity contribution in [3.8, 4) is 0 Å². The Morgan fingerprint density at radius 2 is 2.05 bits per heavy atom. The van der Waals surface area contributed by atoms with E-state index in [-0.39, 0.29) is 23.7 Å². The van der Waals surface area contributed by atoms with Crippen molar-refractivity contribution < 1.29 is 19.1 Å². The number of carbonyl (C=O) groups is 2. The number of rotatable bonds is 3. The van der Waals surface area contributed by atoms with Crippen molar-refractivity contribution in [3.05, 3.63) is 0 Å². The zero-order valence-electron chi connectivity index (χ0n) is 11.6. The summed E-state index contributed by atoms with van der Waals surface area (Å²) in [7, 11) is 0. The zero-order valence-corrected chi connectivity index (χ0v) is 11.6. The fourth-order valence-electron chi connectivity index (χ4n) is 2.82. The molecule has 2 aliphatic heterocycles. The summed E-state index contributed by atoms with van der Waals surface area (Å²) in [5, 5.41) is 0. The maximum Gasteiger partial charge on any atom is 0.310 e. The molecule has 1 amide bonds. The lowest BCUT2D eigenvalue weighted by molar-refractivity contribution is -0.152. The Morgan fingerprint density at radius 1 is 1.26 bits per heavy atom. The van der Waals surface area contributed by atoms with Crippen LogP contribution in [0.25, 0.3) is 0 Å². The number of amides is 1. The largest absolute Gasteiger partial charge is 0.466 e. The minimum Gasteiger partial charge on any atom is -0.466 e. The zero-order chi connectivity index (χ0) is 13.7. The van der Waals surface area contributed by atoms with E-state index in [1.54, 1.807) is 0 Å². The summed E-state index contributed by atoms with van der Waals surface area (Å²) in [4.78, 5) is 26.0. The van der Waals surface area contributed by atoms with Crippen LogP contribution in [-0.4, -0.2) is 49.7 Å². The Kier molecular flexibility index (Phi) is 5.19. The monoisotopic (exact) mass is 269 g/mol. The molecule has 0 aliphatic carbocycles. The van der Waals surface area contributed by atoms with E-state index in [9.17, 15) is 9.59 Å². The van der Waals surface area contributed by atoms with Crippen molar-refractivity contribution in [2.45, 2.75) is 32.6 Å². The van der Waals surface area contributed by atoms with Crippen molar-refractivity contribution in [1.29, 1.82) is 0 Å². The summed E-state index contributed by atoms with van der Waals surface area (Å²) in [5.74, 6) is -0.189. The van der Waals surface area contributed by atoms with Crippen LogP contribution in [0.4, 0.5) is 0 Å². The highest BCUT2D eigenvalue weighted by atomic mass is 16.5. The summed E-state index contributed by atoms with van der Waals surface area (Å²) in [5.41, 5.74) is 0. The maximum absolute atomic E-state index is 12.4. The summed E-state index contributed by atoms with van der Waals surface area (Å²) in [6, 6.07) is 0. The molecule has 2 rings (SSSR count). The molecule has 2 heterocycles. The second-order valence-electron chi connectivity index (χ2n) is 5.29. The van der Waals surface area contributed by atoms with Gasteiger partial charge in [-0.25, -0.2) is 0 Å². The van der Waals surface area contributed by atoms with Gasteiger partial charge in [0.25, 0.3) is 0 Å². The smallest absolute Gasteiger partial charge is 0.310 e. The van der Waals surface area contributed by atoms with E-state index in [1.807, 2.05) is 11.8 Å². The van der Waals surface area contributed by atoms with Crippen molar-refractivity contribution in [2.75, 3.05) is 32.9 Å². The molecule has 1 unspecified atom stereocenters. The number of piperidine rings is 1. The van der Waals surface area contributed by atoms with E-state index < -0.39 is 0 Å². The lowest BCUT2D eigenvalue weighted by Gasteiger charge is -2.34. The predicted octanol–water partition coefficient (Wildman–Crippen LogP) is 1.21. The molecule has 19 heavy (non-hydrogen) atoms. The molecule has 2 fully saturated rings. The van der Waals surface area contributed by atoms with Crippen LogP contribution in [0.5, 0.6) is 0 Å². The molecule has 5 heteroatoms. The highest BCUT2D eigenvalue weighted by Crippen LogP contribution is 2.22. The number of esters is 1. The summed E-state index contributed by atoms with van der Waals surface area (Å²) in [6.07, 6.45) is 3.55. The number of nitrogens with zero attached hydrogens (tertiary/aromatic N) is 1. The van der Waals surface area contributed by atoms with E-state index >= 15 is 0 Å². The standard InChI is InChI=1S/C14H23NO4/c1-2-19-14(17)11-5-3-7-15(9-11)13(16)12-6-4-8-18-10-12/h11-12H,2-10H2,1H3/t11-,12?/m0/s1. The molecule has 0 spiro atoms. The SMILES string of the molecule is CCOC(=O)[C@H]1CCCN(C(=O)C2CCCOC2)C1. The van der Waals surface area contributed by atoms with E-state index in [0.717, 1.165) is 38.8 Å². The van der Waals surface area contributed by atoms with Crippen molar-refractivity contribution >= 4 is 11.9 Å². The first kappa shape index (κ1) is 14.3. The van der Waals surface area contributed by atoms with Crippen molar-refractivity contribution in [2.24, 2.45) is 11.8 Å². The third-order valence-corrected chi connectivity index (χ3v) is 3.86. The summed E-state index contributed by atoms with van der Waals surface area (Å²) < 4.78 is 10.4. The quantitative estimate of drug-likeness (QED) is 0.723. The third-order valence-electron chi connectivity index (χ3n) is 3.86. The molecule has 2 atom stereocenters. The Morgan fingerprint density at radius 3 is 2.74 bits per heavy atom. The molecule has 108 valence electrons. The van der Waals surface area contributed by atoms with Gasteiger partial charge in [-0.1, -0.05) is 0 Å². The van der Waals surface area contributed by atoms with Gasteiger partial charge in [0, 0.05) is 19.7 Å². The average molecular weight is 269 g/mol. The molecule has 0 aromatic carbocycles. The molecule has 5 nitrogen and oxygen atoms in total. The van der Waals surface area contributed by atoms with E-state index in [1.165, 1.54) is 0 Å². The molecule has 0 N–H and O–H groups in total. The van der Waals surface area contributed by atoms with Gasteiger partial charge in [-0.05, 0) is 32.6 Å². The summed E-state index contributed by atoms with van der Waals surface area (Å²) in [6.45, 7) is 4.76. The van der Waals surface area contributed by atoms with Gasteiger partial charge in [0.05, 0.1) is 25.0 Å². The van der Waals surface area contributed by atoms with Crippen LogP contribution in [0, 0.1) is 11.8 Å². The first-order chi connectivity index (χ1) is 9.22. The van der Waals surface area contributed by atoms with Crippen LogP contribution in [0.1, 0.15) is 32.6 Å². The van der Waals surface area contributed by atoms with Gasteiger partial charge in [0.1, 0.15) is 0 Å². The normalized spacial score (nSPS) is 27.9. The highest BCUT2D eigenvalue weighted by Gasteiger charge is 2.33. The van der Waals surface area contributed by atoms with Crippen LogP contribution >= 0.6 is 0 Å². The molecule has 0 bridgehead atoms. The average Bonchev–Trinajstić information content (AvgIpc) is 2.48. The van der Waals surface area contributed by atoms with Gasteiger partial charge < -0.3 is 14.4 Å². The van der Waals surface area contributed by atoms with Gasteiger partial charge in [-0.3, -0.25) is 9.59 Å². The predicted molar refractivity (Wildman–Crippen MR) is 69.5 cm³/mol. The molecule has 0 radical (unpaired) electrons. The Bertz CT molecular complexity index is 325. The first-order valence-electron chi connectivity index (χ1n) is 7.25. The van der Waals surface area contributed by atoms with Gasteiger partial charge in [-0.15, -0.1) is 0 Å². The maximum atomic E-state index is 12.4. The van der Waals surface area contributed by atoms with Crippen LogP contribution < -0.4 is 0 Å². The molecule has 0 aromatic rings. The Hall–Kier alpha value is -1.10. The first-order valence-corrected chi connectivity index (χ1v) is 7.25. The molecule has 2 saturated heterocycles. The summed E-state index contributed by atoms with van der Waals surface area (Å²) >= 11 is 0. The second kappa shape index (κ2) is 6.89. The lowest BCUT2D eigenvalue weighted by Crippen LogP contribution is -2.46. The minimum absolute atomic E-state index is 0.0188. The molecule has 0 aromatic heterocycles. The fraction of sp³-hybridized carbons (Fsp3) is 0.857. The van der Waals surface area contributed by atoms with E-state index in [4.69, 9.17) is 9.47 Å². The van der Waals surface area contributed by atoms with Crippen molar-refractivity contribution in [3.63, 3.8) is 0 Å². The van der Waals surface area contributed by atoms with Crippen LogP contribution in [0.15, 0.2) is 0 Å². The number of ether oxygens (including phenoxy) is 2. The highest BCUT2D eigenvalue weighted by molar-refractivity contribution is 5.80. The Balaban J connectivity index is 1.89. The van der Waals surface area contributed by atoms with Crippen LogP contribution in [0.2, 0.25) is 0 Å². The van der Waals surface area contributed by atoms with Gasteiger partial charge in [0.15, 0.2) is 0 Å². The van der Waals surface area contributed by atoms with Gasteiger partial charge in [0.2, 0.25) is 5.91 Å². The van der Waals surface area contributed by atoms with E-state index in [2.05, 4.69) is 0 Å². The minimum atomic E-state index is -0.167. The molecular weight excluding hydrogens is 246 g/mol. The second-order valence-corrected chi connectivity index (χ2v) is 5.29. The number of carbonyl (C=O) groups excluding carboxylic acids is 2. The van der Waals surface area contributed by atoms with Crippen molar-refractivity contribution in [1.82, 2.24) is 4.90 Å². The molecule has 2 aliphatic rings. The molecule has 0 saturated carbocycles. The third kappa shape index (κ3) is 3.69. The number of likely N-dealkylation sites (tertiary alicyclic amines) is 1.